The highest BCUT2D eigenvalue weighted by Crippen LogP contribution is 2.22. The average Bonchev–Trinajstić information content (AvgIpc) is 2.49. The van der Waals surface area contributed by atoms with Gasteiger partial charge in [0.15, 0.2) is 0 Å². The van der Waals surface area contributed by atoms with Crippen LogP contribution in [0.15, 0.2) is 36.4 Å². The van der Waals surface area contributed by atoms with Crippen LogP contribution in [0.2, 0.25) is 5.02 Å². The summed E-state index contributed by atoms with van der Waals surface area (Å²) in [5, 5.41) is 3.12. The van der Waals surface area contributed by atoms with E-state index in [0.717, 1.165) is 5.56 Å². The minimum atomic E-state index is -0.460. The Kier molecular flexibility index (Phi) is 4.81. The first-order chi connectivity index (χ1) is 10.0. The van der Waals surface area contributed by atoms with E-state index >= 15 is 0 Å². The number of esters is 1. The molecule has 0 fully saturated rings. The first-order valence-electron chi connectivity index (χ1n) is 6.38. The molecule has 0 unspecified atom stereocenters. The van der Waals surface area contributed by atoms with E-state index in [4.69, 9.17) is 16.3 Å². The predicted octanol–water partition coefficient (Wildman–Crippen LogP) is 4.19. The second-order valence-electron chi connectivity index (χ2n) is 4.61. The Bertz CT molecular complexity index is 673. The number of carbonyl (C=O) groups is 1. The van der Waals surface area contributed by atoms with Crippen LogP contribution >= 0.6 is 11.6 Å². The molecule has 0 amide bonds. The molecule has 0 spiro atoms. The number of carbonyl (C=O) groups excluding carboxylic acids is 1. The van der Waals surface area contributed by atoms with Crippen LogP contribution in [0, 0.1) is 12.7 Å². The number of halogens is 2. The Balaban J connectivity index is 2.24. The zero-order valence-electron chi connectivity index (χ0n) is 11.7. The van der Waals surface area contributed by atoms with E-state index in [2.05, 4.69) is 5.32 Å². The summed E-state index contributed by atoms with van der Waals surface area (Å²) in [5.41, 5.74) is 2.38. The van der Waals surface area contributed by atoms with E-state index in [9.17, 15) is 9.18 Å². The molecule has 2 rings (SSSR count). The van der Waals surface area contributed by atoms with Crippen LogP contribution in [-0.2, 0) is 11.3 Å². The maximum atomic E-state index is 13.8. The molecule has 0 saturated carbocycles. The number of hydrogen-bond donors (Lipinski definition) is 1. The van der Waals surface area contributed by atoms with Crippen molar-refractivity contribution in [2.24, 2.45) is 0 Å². The fourth-order valence-corrected chi connectivity index (χ4v) is 2.16. The molecule has 3 nitrogen and oxygen atoms in total. The fourth-order valence-electron chi connectivity index (χ4n) is 1.97. The lowest BCUT2D eigenvalue weighted by Crippen LogP contribution is -2.09. The third-order valence-corrected chi connectivity index (χ3v) is 3.37. The zero-order chi connectivity index (χ0) is 15.4. The minimum Gasteiger partial charge on any atom is -0.465 e. The second-order valence-corrected chi connectivity index (χ2v) is 5.01. The molecule has 1 N–H and O–H groups in total. The Morgan fingerprint density at radius 2 is 2.10 bits per heavy atom. The van der Waals surface area contributed by atoms with Gasteiger partial charge in [0, 0.05) is 17.8 Å². The molecule has 0 atom stereocenters. The molecule has 110 valence electrons. The summed E-state index contributed by atoms with van der Waals surface area (Å²) >= 11 is 5.74. The molecule has 0 aliphatic heterocycles. The van der Waals surface area contributed by atoms with Gasteiger partial charge in [0.25, 0.3) is 0 Å². The number of rotatable bonds is 4. The van der Waals surface area contributed by atoms with Gasteiger partial charge in [-0.1, -0.05) is 35.4 Å². The lowest BCUT2D eigenvalue weighted by Gasteiger charge is -2.12. The summed E-state index contributed by atoms with van der Waals surface area (Å²) in [6.45, 7) is 2.10. The van der Waals surface area contributed by atoms with Gasteiger partial charge in [-0.3, -0.25) is 0 Å². The Labute approximate surface area is 127 Å². The number of benzene rings is 2. The summed E-state index contributed by atoms with van der Waals surface area (Å²) in [6.07, 6.45) is 0. The molecule has 5 heteroatoms. The van der Waals surface area contributed by atoms with Gasteiger partial charge < -0.3 is 10.1 Å². The molecule has 0 radical (unpaired) electrons. The lowest BCUT2D eigenvalue weighted by molar-refractivity contribution is 0.0601. The molecule has 0 bridgehead atoms. The summed E-state index contributed by atoms with van der Waals surface area (Å²) < 4.78 is 18.6. The molecule has 21 heavy (non-hydrogen) atoms. The van der Waals surface area contributed by atoms with E-state index in [-0.39, 0.29) is 11.6 Å². The number of aryl methyl sites for hydroxylation is 1. The van der Waals surface area contributed by atoms with Gasteiger partial charge >= 0.3 is 5.97 Å². The summed E-state index contributed by atoms with van der Waals surface area (Å²) in [4.78, 5) is 11.8. The van der Waals surface area contributed by atoms with Gasteiger partial charge in [-0.25, -0.2) is 9.18 Å². The summed E-state index contributed by atoms with van der Waals surface area (Å²) in [7, 11) is 1.32. The monoisotopic (exact) mass is 307 g/mol. The van der Waals surface area contributed by atoms with E-state index < -0.39 is 11.8 Å². The molecule has 0 aromatic heterocycles. The van der Waals surface area contributed by atoms with Gasteiger partial charge in [0.1, 0.15) is 5.82 Å². The maximum Gasteiger partial charge on any atom is 0.339 e. The maximum absolute atomic E-state index is 13.8. The third-order valence-electron chi connectivity index (χ3n) is 3.08. The highest BCUT2D eigenvalue weighted by atomic mass is 35.5. The quantitative estimate of drug-likeness (QED) is 0.861. The summed E-state index contributed by atoms with van der Waals surface area (Å²) in [5.74, 6) is -0.897. The van der Waals surface area contributed by atoms with Gasteiger partial charge in [0.05, 0.1) is 17.7 Å². The van der Waals surface area contributed by atoms with Crippen LogP contribution in [0.3, 0.4) is 0 Å². The zero-order valence-corrected chi connectivity index (χ0v) is 12.5. The molecule has 2 aromatic rings. The van der Waals surface area contributed by atoms with E-state index in [1.54, 1.807) is 24.3 Å². The fraction of sp³-hybridized carbons (Fsp3) is 0.188. The SMILES string of the molecule is COC(=O)c1cc(C)ccc1NCc1cccc(Cl)c1F. The van der Waals surface area contributed by atoms with Crippen LogP contribution in [0.25, 0.3) is 0 Å². The molecule has 0 heterocycles. The Morgan fingerprint density at radius 3 is 2.81 bits per heavy atom. The number of hydrogen-bond acceptors (Lipinski definition) is 3. The largest absolute Gasteiger partial charge is 0.465 e. The minimum absolute atomic E-state index is 0.0754. The standard InChI is InChI=1S/C16H15ClFNO2/c1-10-6-7-14(12(8-10)16(20)21-2)19-9-11-4-3-5-13(17)15(11)18/h3-8,19H,9H2,1-2H3. The van der Waals surface area contributed by atoms with Crippen LogP contribution in [0.4, 0.5) is 10.1 Å². The van der Waals surface area contributed by atoms with Gasteiger partial charge in [-0.05, 0) is 25.1 Å². The highest BCUT2D eigenvalue weighted by molar-refractivity contribution is 6.30. The van der Waals surface area contributed by atoms with Crippen molar-refractivity contribution in [3.05, 3.63) is 63.9 Å². The van der Waals surface area contributed by atoms with Crippen molar-refractivity contribution >= 4 is 23.3 Å². The normalized spacial score (nSPS) is 10.3. The molecular formula is C16H15ClFNO2. The smallest absolute Gasteiger partial charge is 0.339 e. The average molecular weight is 308 g/mol. The number of methoxy groups -OCH3 is 1. The Morgan fingerprint density at radius 1 is 1.33 bits per heavy atom. The molecule has 0 saturated heterocycles. The van der Waals surface area contributed by atoms with Gasteiger partial charge in [-0.2, -0.15) is 0 Å². The second kappa shape index (κ2) is 6.59. The van der Waals surface area contributed by atoms with Crippen molar-refractivity contribution in [3.8, 4) is 0 Å². The summed E-state index contributed by atoms with van der Waals surface area (Å²) in [6, 6.07) is 10.2. The first kappa shape index (κ1) is 15.3. The van der Waals surface area contributed by atoms with Crippen molar-refractivity contribution in [1.29, 1.82) is 0 Å². The number of anilines is 1. The van der Waals surface area contributed by atoms with Gasteiger partial charge in [0.2, 0.25) is 0 Å². The predicted molar refractivity (Wildman–Crippen MR) is 81.3 cm³/mol. The molecular weight excluding hydrogens is 293 g/mol. The molecule has 0 aliphatic carbocycles. The first-order valence-corrected chi connectivity index (χ1v) is 6.76. The van der Waals surface area contributed by atoms with Crippen LogP contribution in [0.1, 0.15) is 21.5 Å². The van der Waals surface area contributed by atoms with Crippen molar-refractivity contribution in [2.45, 2.75) is 13.5 Å². The molecule has 0 aliphatic rings. The Hall–Kier alpha value is -2.07. The number of nitrogens with one attached hydrogen (secondary N) is 1. The van der Waals surface area contributed by atoms with Crippen molar-refractivity contribution in [2.75, 3.05) is 12.4 Å². The van der Waals surface area contributed by atoms with Gasteiger partial charge in [-0.15, -0.1) is 0 Å². The van der Waals surface area contributed by atoms with E-state index in [1.165, 1.54) is 13.2 Å². The van der Waals surface area contributed by atoms with Crippen LogP contribution in [0.5, 0.6) is 0 Å². The third kappa shape index (κ3) is 3.52. The van der Waals surface area contributed by atoms with E-state index in [1.807, 2.05) is 13.0 Å². The lowest BCUT2D eigenvalue weighted by atomic mass is 10.1. The van der Waals surface area contributed by atoms with Crippen LogP contribution in [-0.4, -0.2) is 13.1 Å². The highest BCUT2D eigenvalue weighted by Gasteiger charge is 2.13. The molecule has 2 aromatic carbocycles. The number of ether oxygens (including phenoxy) is 1. The van der Waals surface area contributed by atoms with Crippen molar-refractivity contribution in [1.82, 2.24) is 0 Å². The van der Waals surface area contributed by atoms with Crippen molar-refractivity contribution < 1.29 is 13.9 Å². The topological polar surface area (TPSA) is 38.3 Å². The van der Waals surface area contributed by atoms with Crippen LogP contribution < -0.4 is 5.32 Å². The van der Waals surface area contributed by atoms with Crippen molar-refractivity contribution in [3.63, 3.8) is 0 Å². The van der Waals surface area contributed by atoms with E-state index in [0.29, 0.717) is 16.8 Å².